The van der Waals surface area contributed by atoms with Crippen molar-refractivity contribution in [2.45, 2.75) is 0 Å². The van der Waals surface area contributed by atoms with Gasteiger partial charge in [0.15, 0.2) is 0 Å². The summed E-state index contributed by atoms with van der Waals surface area (Å²) in [5.74, 6) is 0.408. The van der Waals surface area contributed by atoms with Crippen molar-refractivity contribution in [1.82, 2.24) is 25.5 Å². The van der Waals surface area contributed by atoms with Crippen LogP contribution in [0.1, 0.15) is 0 Å². The Bertz CT molecular complexity index is 309. The Balaban J connectivity index is 2.46. The molecule has 0 aliphatic carbocycles. The van der Waals surface area contributed by atoms with Gasteiger partial charge in [-0.15, -0.1) is 9.67 Å². The van der Waals surface area contributed by atoms with Crippen LogP contribution in [0.25, 0.3) is 5.95 Å². The summed E-state index contributed by atoms with van der Waals surface area (Å²) in [4.78, 5) is 3.94. The molecule has 0 unspecified atom stereocenters. The number of rotatable bonds is 1. The fraction of sp³-hybridized carbons (Fsp3) is 0. The summed E-state index contributed by atoms with van der Waals surface area (Å²) in [6.07, 6.45) is 6.32. The molecular formula is C6H5N6+. The summed E-state index contributed by atoms with van der Waals surface area (Å²) in [5.41, 5.74) is 0. The highest BCUT2D eigenvalue weighted by Crippen LogP contribution is 1.79. The Morgan fingerprint density at radius 1 is 1.08 bits per heavy atom. The molecule has 2 aromatic rings. The zero-order valence-electron chi connectivity index (χ0n) is 6.07. The quantitative estimate of drug-likeness (QED) is 0.498. The van der Waals surface area contributed by atoms with Crippen molar-refractivity contribution in [2.75, 3.05) is 0 Å². The monoisotopic (exact) mass is 161 g/mol. The van der Waals surface area contributed by atoms with Crippen molar-refractivity contribution in [3.8, 4) is 5.95 Å². The fourth-order valence-electron chi connectivity index (χ4n) is 0.726. The largest absolute Gasteiger partial charge is 0.429 e. The van der Waals surface area contributed by atoms with E-state index in [2.05, 4.69) is 25.5 Å². The van der Waals surface area contributed by atoms with Gasteiger partial charge in [-0.25, -0.2) is 0 Å². The molecule has 0 spiro atoms. The van der Waals surface area contributed by atoms with E-state index in [1.165, 1.54) is 10.9 Å². The highest BCUT2D eigenvalue weighted by molar-refractivity contribution is 4.86. The van der Waals surface area contributed by atoms with Crippen LogP contribution in [0.2, 0.25) is 0 Å². The van der Waals surface area contributed by atoms with Crippen LogP contribution in [0.15, 0.2) is 30.9 Å². The molecule has 0 bridgehead atoms. The molecule has 0 radical (unpaired) electrons. The van der Waals surface area contributed by atoms with E-state index in [4.69, 9.17) is 0 Å². The molecule has 0 fully saturated rings. The molecule has 6 nitrogen and oxygen atoms in total. The van der Waals surface area contributed by atoms with Crippen molar-refractivity contribution >= 4 is 0 Å². The van der Waals surface area contributed by atoms with Gasteiger partial charge in [-0.3, -0.25) is 0 Å². The van der Waals surface area contributed by atoms with Crippen molar-refractivity contribution in [2.24, 2.45) is 0 Å². The predicted molar refractivity (Wildman–Crippen MR) is 36.9 cm³/mol. The molecule has 0 amide bonds. The Hall–Kier alpha value is -1.98. The smallest absolute Gasteiger partial charge is 0.108 e. The summed E-state index contributed by atoms with van der Waals surface area (Å²) >= 11 is 0. The summed E-state index contributed by atoms with van der Waals surface area (Å²) < 4.78 is 1.44. The van der Waals surface area contributed by atoms with E-state index in [0.29, 0.717) is 5.95 Å². The maximum Gasteiger partial charge on any atom is 0.429 e. The van der Waals surface area contributed by atoms with Crippen LogP contribution in [-0.2, 0) is 0 Å². The molecule has 0 aliphatic rings. The van der Waals surface area contributed by atoms with Crippen LogP contribution >= 0.6 is 0 Å². The minimum absolute atomic E-state index is 0.408. The average Bonchev–Trinajstić information content (AvgIpc) is 2.21. The van der Waals surface area contributed by atoms with Gasteiger partial charge >= 0.3 is 5.95 Å². The first kappa shape index (κ1) is 6.71. The molecule has 58 valence electrons. The van der Waals surface area contributed by atoms with Gasteiger partial charge in [0.2, 0.25) is 0 Å². The minimum Gasteiger partial charge on any atom is -0.108 e. The number of aromatic nitrogens is 6. The highest BCUT2D eigenvalue weighted by atomic mass is 15.5. The van der Waals surface area contributed by atoms with Crippen LogP contribution in [0.5, 0.6) is 0 Å². The molecule has 2 aromatic heterocycles. The molecule has 0 N–H and O–H groups in total. The third-order valence-corrected chi connectivity index (χ3v) is 1.20. The van der Waals surface area contributed by atoms with Gasteiger partial charge in [-0.05, 0) is 5.10 Å². The Morgan fingerprint density at radius 3 is 2.75 bits per heavy atom. The van der Waals surface area contributed by atoms with Crippen molar-refractivity contribution in [3.05, 3.63) is 30.9 Å². The molecule has 12 heavy (non-hydrogen) atoms. The molecule has 0 aromatic carbocycles. The molecular weight excluding hydrogens is 156 g/mol. The van der Waals surface area contributed by atoms with E-state index in [1.54, 1.807) is 24.7 Å². The van der Waals surface area contributed by atoms with Crippen molar-refractivity contribution < 1.29 is 4.68 Å². The number of hydrogen-bond donors (Lipinski definition) is 0. The van der Waals surface area contributed by atoms with Crippen molar-refractivity contribution in [1.29, 1.82) is 0 Å². The Morgan fingerprint density at radius 2 is 2.08 bits per heavy atom. The van der Waals surface area contributed by atoms with Gasteiger partial charge in [0, 0.05) is 16.4 Å². The molecule has 0 aliphatic heterocycles. The second kappa shape index (κ2) is 2.95. The standard InChI is InChI=1S/C6H5N6/c1-2-9-11-12(5-1)6-7-3-4-8-10-6/h1-5H/q+1. The number of nitrogens with zero attached hydrogens (tertiary/aromatic N) is 6. The van der Waals surface area contributed by atoms with Crippen LogP contribution in [0.3, 0.4) is 0 Å². The normalized spacial score (nSPS) is 9.67. The third-order valence-electron chi connectivity index (χ3n) is 1.20. The van der Waals surface area contributed by atoms with Crippen LogP contribution in [0, 0.1) is 0 Å². The van der Waals surface area contributed by atoms with E-state index in [1.807, 2.05) is 0 Å². The van der Waals surface area contributed by atoms with Gasteiger partial charge in [-0.1, -0.05) is 5.10 Å². The Labute approximate surface area is 67.9 Å². The van der Waals surface area contributed by atoms with E-state index in [0.717, 1.165) is 0 Å². The summed E-state index contributed by atoms with van der Waals surface area (Å²) in [7, 11) is 0. The van der Waals surface area contributed by atoms with E-state index < -0.39 is 0 Å². The van der Waals surface area contributed by atoms with Gasteiger partial charge in [0.25, 0.3) is 0 Å². The van der Waals surface area contributed by atoms with Crippen molar-refractivity contribution in [3.63, 3.8) is 0 Å². The molecule has 0 saturated heterocycles. The van der Waals surface area contributed by atoms with Gasteiger partial charge in [-0.2, -0.15) is 0 Å². The van der Waals surface area contributed by atoms with E-state index >= 15 is 0 Å². The number of hydrogen-bond acceptors (Lipinski definition) is 5. The lowest BCUT2D eigenvalue weighted by molar-refractivity contribution is -0.673. The second-order valence-corrected chi connectivity index (χ2v) is 1.98. The molecule has 0 atom stereocenters. The first-order valence-corrected chi connectivity index (χ1v) is 3.30. The lowest BCUT2D eigenvalue weighted by atomic mass is 10.7. The first-order chi connectivity index (χ1) is 5.97. The Kier molecular flexibility index (Phi) is 1.65. The van der Waals surface area contributed by atoms with Gasteiger partial charge in [0.1, 0.15) is 12.4 Å². The second-order valence-electron chi connectivity index (χ2n) is 1.98. The predicted octanol–water partition coefficient (Wildman–Crippen LogP) is -1.06. The van der Waals surface area contributed by atoms with E-state index in [9.17, 15) is 0 Å². The molecule has 6 heteroatoms. The topological polar surface area (TPSA) is 68.3 Å². The molecule has 2 rings (SSSR count). The summed E-state index contributed by atoms with van der Waals surface area (Å²) in [6.45, 7) is 0. The van der Waals surface area contributed by atoms with E-state index in [-0.39, 0.29) is 0 Å². The van der Waals surface area contributed by atoms with Crippen LogP contribution in [0.4, 0.5) is 0 Å². The fourth-order valence-corrected chi connectivity index (χ4v) is 0.726. The zero-order valence-corrected chi connectivity index (χ0v) is 6.07. The highest BCUT2D eigenvalue weighted by Gasteiger charge is 2.06. The maximum absolute atomic E-state index is 3.94. The van der Waals surface area contributed by atoms with Gasteiger partial charge < -0.3 is 0 Å². The summed E-state index contributed by atoms with van der Waals surface area (Å²) in [5, 5.41) is 14.8. The molecule has 2 heterocycles. The van der Waals surface area contributed by atoms with Crippen LogP contribution in [-0.4, -0.2) is 25.5 Å². The SMILES string of the molecule is c1cnn[n+](-c2nccnn2)c1. The lowest BCUT2D eigenvalue weighted by Gasteiger charge is -1.87. The maximum atomic E-state index is 3.94. The first-order valence-electron chi connectivity index (χ1n) is 3.30. The lowest BCUT2D eigenvalue weighted by Crippen LogP contribution is -2.37. The summed E-state index contributed by atoms with van der Waals surface area (Å²) in [6, 6.07) is 1.74. The zero-order chi connectivity index (χ0) is 8.23. The average molecular weight is 161 g/mol. The van der Waals surface area contributed by atoms with Gasteiger partial charge in [0.05, 0.1) is 12.4 Å². The van der Waals surface area contributed by atoms with Crippen LogP contribution < -0.4 is 4.68 Å². The third kappa shape index (κ3) is 1.22. The molecule has 0 saturated carbocycles. The minimum atomic E-state index is 0.408.